The lowest BCUT2D eigenvalue weighted by Crippen LogP contribution is -2.24. The van der Waals surface area contributed by atoms with Gasteiger partial charge in [0.05, 0.1) is 37.0 Å². The van der Waals surface area contributed by atoms with E-state index in [9.17, 15) is 9.59 Å². The van der Waals surface area contributed by atoms with Gasteiger partial charge in [0, 0.05) is 14.5 Å². The Kier molecular flexibility index (Phi) is 22.6. The third-order valence-corrected chi connectivity index (χ3v) is 16.9. The summed E-state index contributed by atoms with van der Waals surface area (Å²) in [6.07, 6.45) is 22.9. The molecular formula is C30H62O4P2+2. The standard InChI is InChI=1S/C30H62O4P2/c1-7-13-21-35(22-14-8-2,23-15-9-3)27-29(31)33-19-20-34-30(32)28-36(24-16-10-4,25-17-11-5)26-18-12-6/h7-28H2,1-6H3/q+2. The molecule has 0 spiro atoms. The molecular weight excluding hydrogens is 486 g/mol. The second-order valence-corrected chi connectivity index (χ2v) is 19.6. The van der Waals surface area contributed by atoms with Crippen molar-refractivity contribution in [1.29, 1.82) is 0 Å². The molecule has 214 valence electrons. The molecule has 0 saturated heterocycles. The Balaban J connectivity index is 4.88. The van der Waals surface area contributed by atoms with Crippen molar-refractivity contribution in [3.63, 3.8) is 0 Å². The Morgan fingerprint density at radius 1 is 0.444 bits per heavy atom. The number of rotatable bonds is 25. The molecule has 0 saturated carbocycles. The number of unbranched alkanes of at least 4 members (excludes halogenated alkanes) is 6. The van der Waals surface area contributed by atoms with Crippen LogP contribution in [0.2, 0.25) is 0 Å². The highest BCUT2D eigenvalue weighted by Crippen LogP contribution is 2.61. The zero-order valence-electron chi connectivity index (χ0n) is 25.1. The van der Waals surface area contributed by atoms with Crippen LogP contribution in [0, 0.1) is 0 Å². The van der Waals surface area contributed by atoms with E-state index in [1.807, 2.05) is 0 Å². The number of hydrogen-bond donors (Lipinski definition) is 0. The van der Waals surface area contributed by atoms with Gasteiger partial charge in [0.25, 0.3) is 0 Å². The number of esters is 2. The van der Waals surface area contributed by atoms with E-state index >= 15 is 0 Å². The Morgan fingerprint density at radius 3 is 0.861 bits per heavy atom. The molecule has 4 nitrogen and oxygen atoms in total. The van der Waals surface area contributed by atoms with Gasteiger partial charge < -0.3 is 9.47 Å². The Bertz CT molecular complexity index is 462. The minimum atomic E-state index is -1.31. The summed E-state index contributed by atoms with van der Waals surface area (Å²) in [5.41, 5.74) is 0. The maximum atomic E-state index is 12.8. The van der Waals surface area contributed by atoms with Crippen LogP contribution in [0.3, 0.4) is 0 Å². The lowest BCUT2D eigenvalue weighted by atomic mass is 10.4. The van der Waals surface area contributed by atoms with Crippen LogP contribution in [0.15, 0.2) is 0 Å². The normalized spacial score (nSPS) is 12.1. The first kappa shape index (κ1) is 35.8. The molecule has 0 aliphatic heterocycles. The summed E-state index contributed by atoms with van der Waals surface area (Å²) >= 11 is 0. The zero-order chi connectivity index (χ0) is 27.1. The van der Waals surface area contributed by atoms with Gasteiger partial charge in [-0.15, -0.1) is 0 Å². The Labute approximate surface area is 226 Å². The molecule has 0 aromatic rings. The van der Waals surface area contributed by atoms with Gasteiger partial charge in [-0.25, -0.2) is 9.59 Å². The van der Waals surface area contributed by atoms with E-state index < -0.39 is 14.5 Å². The largest absolute Gasteiger partial charge is 0.459 e. The molecule has 0 bridgehead atoms. The van der Waals surface area contributed by atoms with Crippen molar-refractivity contribution in [2.45, 2.75) is 119 Å². The number of carbonyl (C=O) groups excluding carboxylic acids is 2. The fourth-order valence-corrected chi connectivity index (χ4v) is 14.5. The highest BCUT2D eigenvalue weighted by Gasteiger charge is 2.40. The smallest absolute Gasteiger partial charge is 0.343 e. The van der Waals surface area contributed by atoms with E-state index in [0.717, 1.165) is 0 Å². The average molecular weight is 549 g/mol. The second-order valence-electron chi connectivity index (χ2n) is 10.9. The van der Waals surface area contributed by atoms with Crippen LogP contribution in [0.5, 0.6) is 0 Å². The van der Waals surface area contributed by atoms with E-state index in [-0.39, 0.29) is 25.2 Å². The van der Waals surface area contributed by atoms with Crippen molar-refractivity contribution in [2.75, 3.05) is 62.5 Å². The lowest BCUT2D eigenvalue weighted by Gasteiger charge is -2.27. The molecule has 36 heavy (non-hydrogen) atoms. The monoisotopic (exact) mass is 548 g/mol. The number of carbonyl (C=O) groups is 2. The molecule has 0 aromatic carbocycles. The van der Waals surface area contributed by atoms with Crippen LogP contribution in [-0.2, 0) is 19.1 Å². The second kappa shape index (κ2) is 22.8. The highest BCUT2D eigenvalue weighted by molar-refractivity contribution is 7.77. The Morgan fingerprint density at radius 2 is 0.667 bits per heavy atom. The summed E-state index contributed by atoms with van der Waals surface area (Å²) in [5, 5.41) is 0. The van der Waals surface area contributed by atoms with Crippen LogP contribution in [-0.4, -0.2) is 74.4 Å². The molecule has 0 heterocycles. The molecule has 0 atom stereocenters. The highest BCUT2D eigenvalue weighted by atomic mass is 31.2. The van der Waals surface area contributed by atoms with Crippen LogP contribution < -0.4 is 0 Å². The maximum Gasteiger partial charge on any atom is 0.343 e. The van der Waals surface area contributed by atoms with Crippen LogP contribution >= 0.6 is 14.5 Å². The predicted molar refractivity (Wildman–Crippen MR) is 164 cm³/mol. The summed E-state index contributed by atoms with van der Waals surface area (Å²) < 4.78 is 11.3. The van der Waals surface area contributed by atoms with Gasteiger partial charge in [-0.2, -0.15) is 0 Å². The van der Waals surface area contributed by atoms with Crippen molar-refractivity contribution >= 4 is 26.5 Å². The van der Waals surface area contributed by atoms with Crippen LogP contribution in [0.25, 0.3) is 0 Å². The van der Waals surface area contributed by atoms with Gasteiger partial charge in [0.15, 0.2) is 12.3 Å². The summed E-state index contributed by atoms with van der Waals surface area (Å²) in [4.78, 5) is 25.7. The van der Waals surface area contributed by atoms with E-state index in [4.69, 9.17) is 9.47 Å². The molecule has 0 amide bonds. The predicted octanol–water partition coefficient (Wildman–Crippen LogP) is 8.91. The SMILES string of the molecule is CCCC[P+](CCCC)(CCCC)CC(=O)OCCOC(=O)C[P+](CCCC)(CCCC)CCCC. The van der Waals surface area contributed by atoms with E-state index in [0.29, 0.717) is 12.3 Å². The average Bonchev–Trinajstić information content (AvgIpc) is 2.88. The summed E-state index contributed by atoms with van der Waals surface area (Å²) in [6, 6.07) is 0. The van der Waals surface area contributed by atoms with Crippen molar-refractivity contribution in [2.24, 2.45) is 0 Å². The van der Waals surface area contributed by atoms with Gasteiger partial charge in [-0.05, 0) is 38.5 Å². The van der Waals surface area contributed by atoms with Gasteiger partial charge in [-0.1, -0.05) is 80.1 Å². The molecule has 0 aromatic heterocycles. The molecule has 0 fully saturated rings. The first-order valence-corrected chi connectivity index (χ1v) is 20.4. The lowest BCUT2D eigenvalue weighted by molar-refractivity contribution is -0.149. The topological polar surface area (TPSA) is 52.6 Å². The first-order chi connectivity index (χ1) is 17.4. The first-order valence-electron chi connectivity index (χ1n) is 15.4. The number of ether oxygens (including phenoxy) is 2. The fourth-order valence-electron chi connectivity index (χ4n) is 5.06. The molecule has 0 aliphatic rings. The van der Waals surface area contributed by atoms with Gasteiger partial charge in [-0.3, -0.25) is 0 Å². The number of hydrogen-bond acceptors (Lipinski definition) is 4. The Hall–Kier alpha value is -0.200. The van der Waals surface area contributed by atoms with Crippen LogP contribution in [0.1, 0.15) is 119 Å². The quantitative estimate of drug-likeness (QED) is 0.0649. The van der Waals surface area contributed by atoms with E-state index in [1.165, 1.54) is 114 Å². The van der Waals surface area contributed by atoms with Gasteiger partial charge in [0.1, 0.15) is 13.2 Å². The summed E-state index contributed by atoms with van der Waals surface area (Å²) in [7, 11) is -2.62. The molecule has 0 N–H and O–H groups in total. The molecule has 0 radical (unpaired) electrons. The zero-order valence-corrected chi connectivity index (χ0v) is 26.9. The molecule has 0 unspecified atom stereocenters. The van der Waals surface area contributed by atoms with Crippen molar-refractivity contribution in [3.05, 3.63) is 0 Å². The third kappa shape index (κ3) is 16.6. The molecule has 6 heteroatoms. The maximum absolute atomic E-state index is 12.8. The van der Waals surface area contributed by atoms with Gasteiger partial charge in [0.2, 0.25) is 0 Å². The summed E-state index contributed by atoms with van der Waals surface area (Å²) in [5.74, 6) is -0.142. The van der Waals surface area contributed by atoms with E-state index in [1.54, 1.807) is 0 Å². The van der Waals surface area contributed by atoms with Crippen molar-refractivity contribution in [3.8, 4) is 0 Å². The fraction of sp³-hybridized carbons (Fsp3) is 0.933. The minimum Gasteiger partial charge on any atom is -0.459 e. The summed E-state index contributed by atoms with van der Waals surface area (Å²) in [6.45, 7) is 13.8. The van der Waals surface area contributed by atoms with E-state index in [2.05, 4.69) is 41.5 Å². The third-order valence-electron chi connectivity index (χ3n) is 7.45. The van der Waals surface area contributed by atoms with Crippen molar-refractivity contribution < 1.29 is 19.1 Å². The molecule has 0 aliphatic carbocycles. The minimum absolute atomic E-state index is 0.0709. The van der Waals surface area contributed by atoms with Crippen molar-refractivity contribution in [1.82, 2.24) is 0 Å². The van der Waals surface area contributed by atoms with Crippen LogP contribution in [0.4, 0.5) is 0 Å². The molecule has 0 rings (SSSR count). The van der Waals surface area contributed by atoms with Gasteiger partial charge >= 0.3 is 11.9 Å².